The van der Waals surface area contributed by atoms with Crippen LogP contribution in [0.25, 0.3) is 0 Å². The van der Waals surface area contributed by atoms with Crippen molar-refractivity contribution >= 4 is 5.88 Å². The summed E-state index contributed by atoms with van der Waals surface area (Å²) in [5.41, 5.74) is 0.881. The van der Waals surface area contributed by atoms with E-state index >= 15 is 0 Å². The van der Waals surface area contributed by atoms with Crippen molar-refractivity contribution in [2.75, 3.05) is 20.3 Å². The van der Waals surface area contributed by atoms with Gasteiger partial charge in [0.15, 0.2) is 11.5 Å². The van der Waals surface area contributed by atoms with Crippen LogP contribution in [0.3, 0.4) is 0 Å². The van der Waals surface area contributed by atoms with Gasteiger partial charge >= 0.3 is 5.88 Å². The van der Waals surface area contributed by atoms with Gasteiger partial charge in [0.1, 0.15) is 23.9 Å². The summed E-state index contributed by atoms with van der Waals surface area (Å²) in [7, 11) is 1.76. The quantitative estimate of drug-likeness (QED) is 0.686. The number of hydrogen-bond acceptors (Lipinski definition) is 6. The molecule has 1 aliphatic heterocycles. The second-order valence-corrected chi connectivity index (χ2v) is 4.56. The zero-order valence-electron chi connectivity index (χ0n) is 11.4. The third kappa shape index (κ3) is 2.55. The summed E-state index contributed by atoms with van der Waals surface area (Å²) in [5, 5.41) is 13.8. The first kappa shape index (κ1) is 13.4. The van der Waals surface area contributed by atoms with Crippen LogP contribution in [-0.4, -0.2) is 25.2 Å². The molecule has 2 heterocycles. The number of benzene rings is 1. The van der Waals surface area contributed by atoms with Gasteiger partial charge in [-0.25, -0.2) is 0 Å². The lowest BCUT2D eigenvalue weighted by Crippen LogP contribution is -2.19. The molecular formula is C14H14N2O5. The fourth-order valence-electron chi connectivity index (χ4n) is 2.31. The first-order valence-corrected chi connectivity index (χ1v) is 6.50. The minimum Gasteiger partial charge on any atom is -0.486 e. The van der Waals surface area contributed by atoms with Crippen molar-refractivity contribution < 1.29 is 18.8 Å². The number of hydrogen-bond donors (Lipinski definition) is 1. The van der Waals surface area contributed by atoms with Crippen LogP contribution in [0.1, 0.15) is 17.4 Å². The van der Waals surface area contributed by atoms with Crippen LogP contribution >= 0.6 is 0 Å². The van der Waals surface area contributed by atoms with Crippen molar-refractivity contribution in [3.8, 4) is 11.5 Å². The third-order valence-corrected chi connectivity index (χ3v) is 3.27. The first-order valence-electron chi connectivity index (χ1n) is 6.50. The summed E-state index contributed by atoms with van der Waals surface area (Å²) in [4.78, 5) is 10.2. The van der Waals surface area contributed by atoms with Crippen molar-refractivity contribution in [3.05, 3.63) is 51.8 Å². The van der Waals surface area contributed by atoms with Gasteiger partial charge in [0.05, 0.1) is 12.1 Å². The Labute approximate surface area is 120 Å². The average molecular weight is 290 g/mol. The van der Waals surface area contributed by atoms with E-state index in [4.69, 9.17) is 13.9 Å². The Morgan fingerprint density at radius 3 is 2.62 bits per heavy atom. The summed E-state index contributed by atoms with van der Waals surface area (Å²) >= 11 is 0. The number of nitro groups is 1. The number of ether oxygens (including phenoxy) is 2. The Kier molecular flexibility index (Phi) is 3.49. The second-order valence-electron chi connectivity index (χ2n) is 4.56. The number of furan rings is 1. The van der Waals surface area contributed by atoms with Crippen LogP contribution in [0, 0.1) is 10.1 Å². The summed E-state index contributed by atoms with van der Waals surface area (Å²) in [6.07, 6.45) is 0. The predicted molar refractivity (Wildman–Crippen MR) is 73.7 cm³/mol. The van der Waals surface area contributed by atoms with Gasteiger partial charge < -0.3 is 19.2 Å². The molecule has 7 heteroatoms. The molecule has 1 aromatic heterocycles. The molecule has 0 radical (unpaired) electrons. The molecule has 0 aliphatic carbocycles. The van der Waals surface area contributed by atoms with Crippen LogP contribution in [0.15, 0.2) is 34.7 Å². The highest BCUT2D eigenvalue weighted by Gasteiger charge is 2.22. The second kappa shape index (κ2) is 5.45. The molecular weight excluding hydrogens is 276 g/mol. The van der Waals surface area contributed by atoms with Crippen molar-refractivity contribution in [2.24, 2.45) is 0 Å². The van der Waals surface area contributed by atoms with Crippen LogP contribution < -0.4 is 14.8 Å². The Balaban J connectivity index is 1.93. The molecule has 110 valence electrons. The zero-order valence-corrected chi connectivity index (χ0v) is 11.4. The maximum absolute atomic E-state index is 10.7. The van der Waals surface area contributed by atoms with Gasteiger partial charge in [0, 0.05) is 0 Å². The van der Waals surface area contributed by atoms with E-state index in [1.54, 1.807) is 13.1 Å². The Morgan fingerprint density at radius 1 is 1.19 bits per heavy atom. The molecule has 1 N–H and O–H groups in total. The van der Waals surface area contributed by atoms with E-state index in [1.807, 2.05) is 18.2 Å². The average Bonchev–Trinajstić information content (AvgIpc) is 2.98. The lowest BCUT2D eigenvalue weighted by Gasteiger charge is -2.21. The third-order valence-electron chi connectivity index (χ3n) is 3.27. The Bertz CT molecular complexity index is 667. The lowest BCUT2D eigenvalue weighted by molar-refractivity contribution is -0.402. The molecule has 0 saturated heterocycles. The first-order chi connectivity index (χ1) is 10.2. The number of nitrogens with zero attached hydrogens (tertiary/aromatic N) is 1. The fraction of sp³-hybridized carbons (Fsp3) is 0.286. The largest absolute Gasteiger partial charge is 0.486 e. The highest BCUT2D eigenvalue weighted by atomic mass is 16.6. The van der Waals surface area contributed by atoms with Crippen LogP contribution in [0.5, 0.6) is 11.5 Å². The minimum absolute atomic E-state index is 0.275. The van der Waals surface area contributed by atoms with E-state index in [0.717, 1.165) is 5.56 Å². The molecule has 0 bridgehead atoms. The van der Waals surface area contributed by atoms with E-state index in [9.17, 15) is 10.1 Å². The molecule has 0 saturated carbocycles. The molecule has 0 fully saturated rings. The zero-order chi connectivity index (χ0) is 14.8. The highest BCUT2D eigenvalue weighted by Crippen LogP contribution is 2.35. The molecule has 3 rings (SSSR count). The normalized spacial score (nSPS) is 14.7. The molecule has 2 aromatic rings. The topological polar surface area (TPSA) is 86.8 Å². The maximum Gasteiger partial charge on any atom is 0.433 e. The predicted octanol–water partition coefficient (Wildman–Crippen LogP) is 2.27. The molecule has 1 aliphatic rings. The Hall–Kier alpha value is -2.54. The van der Waals surface area contributed by atoms with Gasteiger partial charge in [-0.05, 0) is 30.8 Å². The van der Waals surface area contributed by atoms with Crippen molar-refractivity contribution in [1.29, 1.82) is 0 Å². The minimum atomic E-state index is -0.556. The van der Waals surface area contributed by atoms with Gasteiger partial charge in [-0.15, -0.1) is 0 Å². The number of fused-ring (bicyclic) bond motifs is 1. The summed E-state index contributed by atoms with van der Waals surface area (Å²) in [6.45, 7) is 1.04. The SMILES string of the molecule is CNC(c1ccc2c(c1)OCCO2)c1ccc([N+](=O)[O-])o1. The molecule has 21 heavy (non-hydrogen) atoms. The van der Waals surface area contributed by atoms with Crippen molar-refractivity contribution in [2.45, 2.75) is 6.04 Å². The van der Waals surface area contributed by atoms with E-state index in [2.05, 4.69) is 5.32 Å². The maximum atomic E-state index is 10.7. The molecule has 1 atom stereocenters. The van der Waals surface area contributed by atoms with Gasteiger partial charge in [-0.1, -0.05) is 6.07 Å². The number of nitrogens with one attached hydrogen (secondary N) is 1. The standard InChI is InChI=1S/C14H14N2O5/c1-15-14(11-4-5-13(21-11)16(17)18)9-2-3-10-12(8-9)20-7-6-19-10/h2-5,8,14-15H,6-7H2,1H3. The van der Waals surface area contributed by atoms with Crippen molar-refractivity contribution in [1.82, 2.24) is 5.32 Å². The monoisotopic (exact) mass is 290 g/mol. The highest BCUT2D eigenvalue weighted by molar-refractivity contribution is 5.46. The molecule has 1 unspecified atom stereocenters. The van der Waals surface area contributed by atoms with Gasteiger partial charge in [0.25, 0.3) is 0 Å². The van der Waals surface area contributed by atoms with Gasteiger partial charge in [0.2, 0.25) is 0 Å². The van der Waals surface area contributed by atoms with E-state index in [1.165, 1.54) is 6.07 Å². The summed E-state index contributed by atoms with van der Waals surface area (Å²) < 4.78 is 16.3. The Morgan fingerprint density at radius 2 is 1.95 bits per heavy atom. The molecule has 1 aromatic carbocycles. The lowest BCUT2D eigenvalue weighted by atomic mass is 10.0. The van der Waals surface area contributed by atoms with E-state index < -0.39 is 4.92 Å². The van der Waals surface area contributed by atoms with Gasteiger partial charge in [-0.3, -0.25) is 10.1 Å². The molecule has 0 amide bonds. The van der Waals surface area contributed by atoms with Crippen LogP contribution in [0.2, 0.25) is 0 Å². The van der Waals surface area contributed by atoms with Gasteiger partial charge in [-0.2, -0.15) is 0 Å². The van der Waals surface area contributed by atoms with E-state index in [-0.39, 0.29) is 11.9 Å². The fourth-order valence-corrected chi connectivity index (χ4v) is 2.31. The molecule has 7 nitrogen and oxygen atoms in total. The smallest absolute Gasteiger partial charge is 0.433 e. The van der Waals surface area contributed by atoms with Crippen molar-refractivity contribution in [3.63, 3.8) is 0 Å². The van der Waals surface area contributed by atoms with Crippen LogP contribution in [0.4, 0.5) is 5.88 Å². The number of rotatable bonds is 4. The van der Waals surface area contributed by atoms with Crippen LogP contribution in [-0.2, 0) is 0 Å². The molecule has 0 spiro atoms. The summed E-state index contributed by atoms with van der Waals surface area (Å²) in [5.74, 6) is 1.56. The summed E-state index contributed by atoms with van der Waals surface area (Å²) in [6, 6.07) is 8.20. The van der Waals surface area contributed by atoms with E-state index in [0.29, 0.717) is 30.5 Å².